The van der Waals surface area contributed by atoms with Gasteiger partial charge in [-0.1, -0.05) is 54.6 Å². The van der Waals surface area contributed by atoms with Gasteiger partial charge in [-0.25, -0.2) is 0 Å². The smallest absolute Gasteiger partial charge is 0.0900 e. The fraction of sp³-hybridized carbons (Fsp3) is 0.429. The third-order valence-electron chi connectivity index (χ3n) is 4.16. The normalized spacial score (nSPS) is 12.5. The molecule has 0 heterocycles. The summed E-state index contributed by atoms with van der Waals surface area (Å²) in [6.07, 6.45) is -0.524. The first kappa shape index (κ1) is 19.6. The molecule has 0 aromatic heterocycles. The molecule has 0 saturated heterocycles. The molecule has 0 aliphatic rings. The minimum absolute atomic E-state index is 0.326. The van der Waals surface area contributed by atoms with Gasteiger partial charge in [0.25, 0.3) is 0 Å². The van der Waals surface area contributed by atoms with E-state index in [0.29, 0.717) is 26.4 Å². The molecule has 2 aromatic rings. The van der Waals surface area contributed by atoms with Crippen molar-refractivity contribution in [1.29, 1.82) is 0 Å². The second-order valence-corrected chi connectivity index (χ2v) is 6.31. The van der Waals surface area contributed by atoms with Crippen molar-refractivity contribution >= 4 is 0 Å². The quantitative estimate of drug-likeness (QED) is 0.681. The number of benzene rings is 2. The van der Waals surface area contributed by atoms with E-state index < -0.39 is 6.10 Å². The molecule has 0 aliphatic heterocycles. The van der Waals surface area contributed by atoms with Crippen LogP contribution in [0.3, 0.4) is 0 Å². The fourth-order valence-corrected chi connectivity index (χ4v) is 2.72. The number of rotatable bonds is 11. The van der Waals surface area contributed by atoms with Crippen LogP contribution in [0.1, 0.15) is 16.7 Å². The van der Waals surface area contributed by atoms with Crippen molar-refractivity contribution in [2.45, 2.75) is 26.2 Å². The minimum Gasteiger partial charge on any atom is -0.389 e. The summed E-state index contributed by atoms with van der Waals surface area (Å²) < 4.78 is 10.9. The second kappa shape index (κ2) is 11.0. The molecule has 0 spiro atoms. The summed E-state index contributed by atoms with van der Waals surface area (Å²) in [6.45, 7) is 5.74. The Morgan fingerprint density at radius 2 is 1.76 bits per heavy atom. The fourth-order valence-electron chi connectivity index (χ4n) is 2.72. The number of methoxy groups -OCH3 is 1. The molecule has 4 heteroatoms. The molecule has 0 saturated carbocycles. The number of hydrogen-bond acceptors (Lipinski definition) is 4. The van der Waals surface area contributed by atoms with Gasteiger partial charge in [0.2, 0.25) is 0 Å². The van der Waals surface area contributed by atoms with Crippen molar-refractivity contribution in [2.24, 2.45) is 0 Å². The van der Waals surface area contributed by atoms with E-state index in [1.807, 2.05) is 36.4 Å². The summed E-state index contributed by atoms with van der Waals surface area (Å²) in [5.41, 5.74) is 3.65. The molecule has 4 nitrogen and oxygen atoms in total. The van der Waals surface area contributed by atoms with E-state index >= 15 is 0 Å². The van der Waals surface area contributed by atoms with Gasteiger partial charge in [0.05, 0.1) is 25.9 Å². The van der Waals surface area contributed by atoms with Gasteiger partial charge < -0.3 is 14.6 Å². The lowest BCUT2D eigenvalue weighted by Gasteiger charge is -2.25. The van der Waals surface area contributed by atoms with Gasteiger partial charge in [-0.3, -0.25) is 4.90 Å². The highest BCUT2D eigenvalue weighted by atomic mass is 16.5. The molecular weight excluding hydrogens is 314 g/mol. The zero-order valence-electron chi connectivity index (χ0n) is 15.2. The van der Waals surface area contributed by atoms with Crippen molar-refractivity contribution in [2.75, 3.05) is 33.4 Å². The average molecular weight is 343 g/mol. The highest BCUT2D eigenvalue weighted by molar-refractivity contribution is 5.25. The number of aliphatic hydroxyl groups excluding tert-OH is 1. The Hall–Kier alpha value is -1.72. The largest absolute Gasteiger partial charge is 0.389 e. The number of hydrogen-bond donors (Lipinski definition) is 1. The van der Waals surface area contributed by atoms with Crippen LogP contribution in [0.15, 0.2) is 54.6 Å². The van der Waals surface area contributed by atoms with Gasteiger partial charge in [-0.15, -0.1) is 0 Å². The standard InChI is InChI=1S/C21H29NO3/c1-18-8-6-7-11-20(18)14-22(12-13-24-2)15-21(23)17-25-16-19-9-4-3-5-10-19/h3-11,21,23H,12-17H2,1-2H3. The molecule has 2 rings (SSSR count). The molecule has 0 amide bonds. The van der Waals surface area contributed by atoms with Crippen LogP contribution in [-0.4, -0.2) is 49.5 Å². The number of aryl methyl sites for hydroxylation is 1. The molecule has 136 valence electrons. The molecule has 25 heavy (non-hydrogen) atoms. The van der Waals surface area contributed by atoms with Crippen LogP contribution in [-0.2, 0) is 22.6 Å². The Labute approximate surface area is 151 Å². The Bertz CT molecular complexity index is 603. The van der Waals surface area contributed by atoms with Gasteiger partial charge in [0, 0.05) is 26.7 Å². The summed E-state index contributed by atoms with van der Waals surface area (Å²) in [4.78, 5) is 2.21. The lowest BCUT2D eigenvalue weighted by molar-refractivity contribution is 0.00476. The van der Waals surface area contributed by atoms with Crippen LogP contribution in [0, 0.1) is 6.92 Å². The summed E-state index contributed by atoms with van der Waals surface area (Å²) in [6, 6.07) is 18.4. The molecule has 1 atom stereocenters. The van der Waals surface area contributed by atoms with Crippen molar-refractivity contribution in [3.63, 3.8) is 0 Å². The third kappa shape index (κ3) is 7.36. The van der Waals surface area contributed by atoms with Crippen molar-refractivity contribution in [3.05, 3.63) is 71.3 Å². The number of nitrogens with zero attached hydrogens (tertiary/aromatic N) is 1. The van der Waals surface area contributed by atoms with E-state index in [0.717, 1.165) is 18.7 Å². The molecule has 0 radical (unpaired) electrons. The van der Waals surface area contributed by atoms with Gasteiger partial charge in [-0.2, -0.15) is 0 Å². The summed E-state index contributed by atoms with van der Waals surface area (Å²) >= 11 is 0. The lowest BCUT2D eigenvalue weighted by Crippen LogP contribution is -2.36. The van der Waals surface area contributed by atoms with Gasteiger partial charge >= 0.3 is 0 Å². The van der Waals surface area contributed by atoms with Gasteiger partial charge in [0.1, 0.15) is 0 Å². The Morgan fingerprint density at radius 3 is 2.48 bits per heavy atom. The summed E-state index contributed by atoms with van der Waals surface area (Å²) in [5, 5.41) is 10.3. The second-order valence-electron chi connectivity index (χ2n) is 6.31. The Balaban J connectivity index is 1.82. The zero-order chi connectivity index (χ0) is 17.9. The first-order valence-electron chi connectivity index (χ1n) is 8.74. The predicted molar refractivity (Wildman–Crippen MR) is 100 cm³/mol. The van der Waals surface area contributed by atoms with E-state index in [-0.39, 0.29) is 0 Å². The maximum Gasteiger partial charge on any atom is 0.0900 e. The van der Waals surface area contributed by atoms with E-state index in [2.05, 4.69) is 30.0 Å². The highest BCUT2D eigenvalue weighted by Gasteiger charge is 2.13. The van der Waals surface area contributed by atoms with Crippen molar-refractivity contribution in [1.82, 2.24) is 4.90 Å². The zero-order valence-corrected chi connectivity index (χ0v) is 15.2. The molecule has 1 unspecified atom stereocenters. The van der Waals surface area contributed by atoms with Crippen molar-refractivity contribution in [3.8, 4) is 0 Å². The Morgan fingerprint density at radius 1 is 1.04 bits per heavy atom. The highest BCUT2D eigenvalue weighted by Crippen LogP contribution is 2.11. The Kier molecular flexibility index (Phi) is 8.63. The first-order valence-corrected chi connectivity index (χ1v) is 8.74. The van der Waals surface area contributed by atoms with Crippen LogP contribution < -0.4 is 0 Å². The summed E-state index contributed by atoms with van der Waals surface area (Å²) in [7, 11) is 1.70. The van der Waals surface area contributed by atoms with Crippen LogP contribution in [0.2, 0.25) is 0 Å². The molecule has 1 N–H and O–H groups in total. The van der Waals surface area contributed by atoms with E-state index in [1.165, 1.54) is 11.1 Å². The molecule has 0 aliphatic carbocycles. The van der Waals surface area contributed by atoms with Crippen LogP contribution >= 0.6 is 0 Å². The maximum atomic E-state index is 10.3. The monoisotopic (exact) mass is 343 g/mol. The first-order chi connectivity index (χ1) is 12.2. The lowest BCUT2D eigenvalue weighted by atomic mass is 10.1. The topological polar surface area (TPSA) is 41.9 Å². The number of aliphatic hydroxyl groups is 1. The summed E-state index contributed by atoms with van der Waals surface area (Å²) in [5.74, 6) is 0. The molecule has 0 fully saturated rings. The number of ether oxygens (including phenoxy) is 2. The van der Waals surface area contributed by atoms with E-state index in [9.17, 15) is 5.11 Å². The average Bonchev–Trinajstić information content (AvgIpc) is 2.62. The van der Waals surface area contributed by atoms with E-state index in [1.54, 1.807) is 7.11 Å². The molecule has 2 aromatic carbocycles. The maximum absolute atomic E-state index is 10.3. The van der Waals surface area contributed by atoms with Crippen LogP contribution in [0.5, 0.6) is 0 Å². The molecular formula is C21H29NO3. The van der Waals surface area contributed by atoms with Crippen molar-refractivity contribution < 1.29 is 14.6 Å². The van der Waals surface area contributed by atoms with Crippen LogP contribution in [0.4, 0.5) is 0 Å². The van der Waals surface area contributed by atoms with Gasteiger partial charge in [0.15, 0.2) is 0 Å². The SMILES string of the molecule is COCCN(Cc1ccccc1C)CC(O)COCc1ccccc1. The molecule has 0 bridgehead atoms. The minimum atomic E-state index is -0.524. The van der Waals surface area contributed by atoms with E-state index in [4.69, 9.17) is 9.47 Å². The van der Waals surface area contributed by atoms with Gasteiger partial charge in [-0.05, 0) is 23.6 Å². The van der Waals surface area contributed by atoms with Crippen LogP contribution in [0.25, 0.3) is 0 Å². The predicted octanol–water partition coefficient (Wildman–Crippen LogP) is 3.02. The third-order valence-corrected chi connectivity index (χ3v) is 4.16.